The van der Waals surface area contributed by atoms with Gasteiger partial charge in [0.25, 0.3) is 0 Å². The minimum Gasteiger partial charge on any atom is -0.436 e. The van der Waals surface area contributed by atoms with Crippen molar-refractivity contribution in [2.24, 2.45) is 0 Å². The summed E-state index contributed by atoms with van der Waals surface area (Å²) in [7, 11) is 0. The number of fused-ring (bicyclic) bond motifs is 2. The van der Waals surface area contributed by atoms with Crippen molar-refractivity contribution in [3.8, 4) is 11.6 Å². The predicted octanol–water partition coefficient (Wildman–Crippen LogP) is 4.25. The first-order valence-corrected chi connectivity index (χ1v) is 11.3. The number of anilines is 1. The van der Waals surface area contributed by atoms with Crippen molar-refractivity contribution < 1.29 is 13.9 Å². The summed E-state index contributed by atoms with van der Waals surface area (Å²) in [6.07, 6.45) is 5.83. The summed E-state index contributed by atoms with van der Waals surface area (Å²) < 4.78 is 22.6. The van der Waals surface area contributed by atoms with E-state index < -0.39 is 11.8 Å². The maximum Gasteiger partial charge on any atom is 0.331 e. The van der Waals surface area contributed by atoms with Gasteiger partial charge in [-0.2, -0.15) is 5.10 Å². The molecule has 1 aliphatic heterocycles. The second-order valence-corrected chi connectivity index (χ2v) is 9.35. The third kappa shape index (κ3) is 3.50. The minimum atomic E-state index is -0.552. The summed E-state index contributed by atoms with van der Waals surface area (Å²) in [5.41, 5.74) is 3.19. The molecule has 4 heterocycles. The number of halogens is 1. The van der Waals surface area contributed by atoms with Crippen molar-refractivity contribution in [2.75, 3.05) is 5.32 Å². The number of rotatable bonds is 4. The fraction of sp³-hybridized carbons (Fsp3) is 0.333. The lowest BCUT2D eigenvalue weighted by atomic mass is 10.0. The molecular weight excluding hydrogens is 437 g/mol. The van der Waals surface area contributed by atoms with Gasteiger partial charge in [0, 0.05) is 41.2 Å². The Balaban J connectivity index is 1.26. The Kier molecular flexibility index (Phi) is 4.66. The van der Waals surface area contributed by atoms with E-state index >= 15 is 4.39 Å². The van der Waals surface area contributed by atoms with E-state index in [-0.39, 0.29) is 22.6 Å². The third-order valence-corrected chi connectivity index (χ3v) is 6.76. The Morgan fingerprint density at radius 3 is 2.97 bits per heavy atom. The van der Waals surface area contributed by atoms with Crippen LogP contribution in [0.5, 0.6) is 11.6 Å². The van der Waals surface area contributed by atoms with Gasteiger partial charge in [-0.1, -0.05) is 6.92 Å². The van der Waals surface area contributed by atoms with Crippen molar-refractivity contribution in [2.45, 2.75) is 51.1 Å². The maximum atomic E-state index is 15.4. The monoisotopic (exact) mass is 461 g/mol. The zero-order valence-electron chi connectivity index (χ0n) is 18.9. The molecule has 6 rings (SSSR count). The summed E-state index contributed by atoms with van der Waals surface area (Å²) in [5, 5.41) is 13.6. The molecule has 174 valence electrons. The van der Waals surface area contributed by atoms with E-state index in [1.807, 2.05) is 6.07 Å². The number of ether oxygens (including phenoxy) is 1. The van der Waals surface area contributed by atoms with Crippen LogP contribution < -0.4 is 15.4 Å². The number of carbonyl (C=O) groups is 1. The number of carbonyl (C=O) groups excluding carboxylic acids is 1. The van der Waals surface area contributed by atoms with Gasteiger partial charge < -0.3 is 10.1 Å². The molecule has 9 nitrogen and oxygen atoms in total. The maximum absolute atomic E-state index is 15.4. The number of hydrogen-bond donors (Lipinski definition) is 3. The van der Waals surface area contributed by atoms with Crippen LogP contribution >= 0.6 is 0 Å². The highest BCUT2D eigenvalue weighted by molar-refractivity contribution is 5.98. The molecule has 3 N–H and O–H groups in total. The van der Waals surface area contributed by atoms with E-state index in [9.17, 15) is 4.79 Å². The summed E-state index contributed by atoms with van der Waals surface area (Å²) in [6.45, 7) is 4.83. The molecule has 2 aliphatic rings. The molecule has 3 aromatic heterocycles. The van der Waals surface area contributed by atoms with Gasteiger partial charge in [0.1, 0.15) is 12.1 Å². The van der Waals surface area contributed by atoms with Gasteiger partial charge in [-0.05, 0) is 44.4 Å². The average molecular weight is 462 g/mol. The number of aromatic amines is 1. The van der Waals surface area contributed by atoms with E-state index in [2.05, 4.69) is 44.6 Å². The number of nitrogens with one attached hydrogen (secondary N) is 3. The van der Waals surface area contributed by atoms with Gasteiger partial charge in [0.15, 0.2) is 11.6 Å². The Morgan fingerprint density at radius 1 is 1.29 bits per heavy atom. The average Bonchev–Trinajstić information content (AvgIpc) is 3.22. The van der Waals surface area contributed by atoms with Crippen molar-refractivity contribution in [3.05, 3.63) is 59.6 Å². The molecule has 0 saturated heterocycles. The zero-order chi connectivity index (χ0) is 23.4. The largest absolute Gasteiger partial charge is 0.436 e. The van der Waals surface area contributed by atoms with E-state index in [4.69, 9.17) is 4.74 Å². The summed E-state index contributed by atoms with van der Waals surface area (Å²) in [5.74, 6) is 0.360. The van der Waals surface area contributed by atoms with E-state index in [0.717, 1.165) is 29.8 Å². The van der Waals surface area contributed by atoms with Crippen LogP contribution in [0.4, 0.5) is 15.0 Å². The number of benzene rings is 1. The number of amides is 1. The van der Waals surface area contributed by atoms with Crippen molar-refractivity contribution in [3.63, 3.8) is 0 Å². The molecule has 1 amide bonds. The van der Waals surface area contributed by atoms with Crippen LogP contribution in [0.25, 0.3) is 10.9 Å². The molecule has 4 aromatic rings. The smallest absolute Gasteiger partial charge is 0.331 e. The van der Waals surface area contributed by atoms with Gasteiger partial charge in [-0.25, -0.2) is 19.2 Å². The van der Waals surface area contributed by atoms with Gasteiger partial charge in [-0.3, -0.25) is 15.0 Å². The fourth-order valence-corrected chi connectivity index (χ4v) is 4.36. The lowest BCUT2D eigenvalue weighted by molar-refractivity contribution is 0.254. The molecule has 1 aliphatic carbocycles. The topological polar surface area (TPSA) is 110 Å². The van der Waals surface area contributed by atoms with E-state index in [1.165, 1.54) is 23.2 Å². The predicted molar refractivity (Wildman–Crippen MR) is 124 cm³/mol. The first-order chi connectivity index (χ1) is 16.4. The van der Waals surface area contributed by atoms with Gasteiger partial charge in [0.2, 0.25) is 5.88 Å². The van der Waals surface area contributed by atoms with E-state index in [1.54, 1.807) is 12.1 Å². The van der Waals surface area contributed by atoms with Gasteiger partial charge in [0.05, 0.1) is 16.9 Å². The molecule has 0 unspecified atom stereocenters. The number of hydrogen-bond acceptors (Lipinski definition) is 6. The van der Waals surface area contributed by atoms with Crippen molar-refractivity contribution >= 4 is 22.8 Å². The molecule has 0 radical (unpaired) electrons. The summed E-state index contributed by atoms with van der Waals surface area (Å²) in [6, 6.07) is 6.42. The zero-order valence-corrected chi connectivity index (χ0v) is 18.9. The van der Waals surface area contributed by atoms with Gasteiger partial charge >= 0.3 is 6.03 Å². The molecule has 1 fully saturated rings. The summed E-state index contributed by atoms with van der Waals surface area (Å²) in [4.78, 5) is 21.4. The van der Waals surface area contributed by atoms with Crippen LogP contribution in [-0.2, 0) is 18.4 Å². The molecule has 34 heavy (non-hydrogen) atoms. The second kappa shape index (κ2) is 7.63. The molecule has 1 saturated carbocycles. The highest BCUT2D eigenvalue weighted by Gasteiger charge is 2.41. The van der Waals surface area contributed by atoms with Crippen LogP contribution in [0.2, 0.25) is 0 Å². The molecule has 1 atom stereocenters. The van der Waals surface area contributed by atoms with Crippen molar-refractivity contribution in [1.82, 2.24) is 30.0 Å². The standard InChI is InChI=1S/C24H24FN7O2/c1-13-9-15-16(11-26-13)27-12-28-22(15)34-18-4-3-17-14(21(18)25)5-8-32(17)23(33)29-20-10-19(30-31-20)24(2)6-7-24/h3-5,8,10,12-13,26H,6-7,9,11H2,1-2H3,(H2,29,30,31,33)/t13-/m0/s1. The normalized spacial score (nSPS) is 18.5. The highest BCUT2D eigenvalue weighted by atomic mass is 19.1. The van der Waals surface area contributed by atoms with Crippen LogP contribution in [0.1, 0.15) is 43.6 Å². The Labute approximate surface area is 194 Å². The third-order valence-electron chi connectivity index (χ3n) is 6.76. The Morgan fingerprint density at radius 2 is 2.15 bits per heavy atom. The number of H-pyrrole nitrogens is 1. The quantitative estimate of drug-likeness (QED) is 0.419. The number of nitrogens with zero attached hydrogens (tertiary/aromatic N) is 4. The van der Waals surface area contributed by atoms with Crippen LogP contribution in [0, 0.1) is 5.82 Å². The molecule has 10 heteroatoms. The van der Waals surface area contributed by atoms with Crippen LogP contribution in [-0.4, -0.2) is 36.8 Å². The van der Waals surface area contributed by atoms with Crippen molar-refractivity contribution in [1.29, 1.82) is 0 Å². The lowest BCUT2D eigenvalue weighted by Gasteiger charge is -2.23. The van der Waals surface area contributed by atoms with Crippen LogP contribution in [0.15, 0.2) is 36.8 Å². The molecule has 1 aromatic carbocycles. The first kappa shape index (κ1) is 20.8. The van der Waals surface area contributed by atoms with Gasteiger partial charge in [-0.15, -0.1) is 0 Å². The minimum absolute atomic E-state index is 0.0497. The molecule has 0 bridgehead atoms. The summed E-state index contributed by atoms with van der Waals surface area (Å²) >= 11 is 0. The SMILES string of the molecule is C[C@H]1Cc2c(ncnc2Oc2ccc3c(ccn3C(=O)Nc3cc(C4(C)CC4)n[nH]3)c2F)CN1. The first-order valence-electron chi connectivity index (χ1n) is 11.3. The fourth-order valence-electron chi connectivity index (χ4n) is 4.36. The molecule has 0 spiro atoms. The Bertz CT molecular complexity index is 1420. The lowest BCUT2D eigenvalue weighted by Crippen LogP contribution is -2.33. The van der Waals surface area contributed by atoms with E-state index in [0.29, 0.717) is 30.2 Å². The molecular formula is C24H24FN7O2. The number of aromatic nitrogens is 5. The highest BCUT2D eigenvalue weighted by Crippen LogP contribution is 2.47. The Hall–Kier alpha value is -3.79. The van der Waals surface area contributed by atoms with Crippen LogP contribution in [0.3, 0.4) is 0 Å². The second-order valence-electron chi connectivity index (χ2n) is 9.35.